The van der Waals surface area contributed by atoms with E-state index in [-0.39, 0.29) is 17.7 Å². The lowest BCUT2D eigenvalue weighted by Gasteiger charge is -2.19. The molecule has 1 amide bonds. The van der Waals surface area contributed by atoms with E-state index in [0.29, 0.717) is 18.4 Å². The molecule has 0 aliphatic heterocycles. The number of rotatable bonds is 5. The molecule has 1 unspecified atom stereocenters. The number of benzene rings is 1. The van der Waals surface area contributed by atoms with Crippen molar-refractivity contribution in [1.82, 2.24) is 5.32 Å². The Morgan fingerprint density at radius 3 is 2.05 bits per heavy atom. The van der Waals surface area contributed by atoms with E-state index >= 15 is 0 Å². The maximum atomic E-state index is 13.0. The molecule has 114 valence electrons. The minimum Gasteiger partial charge on any atom is -0.359 e. The van der Waals surface area contributed by atoms with Crippen LogP contribution in [0.25, 0.3) is 0 Å². The van der Waals surface area contributed by atoms with E-state index in [1.165, 1.54) is 12.1 Å². The highest BCUT2D eigenvalue weighted by Crippen LogP contribution is 2.19. The molecule has 1 rings (SSSR count). The van der Waals surface area contributed by atoms with Crippen LogP contribution in [0.1, 0.15) is 39.7 Å². The third kappa shape index (κ3) is 6.13. The van der Waals surface area contributed by atoms with E-state index in [9.17, 15) is 13.6 Å². The molecule has 2 nitrogen and oxygen atoms in total. The summed E-state index contributed by atoms with van der Waals surface area (Å²) in [5, 5.41) is 2.62. The first-order chi connectivity index (χ1) is 9.43. The minimum absolute atomic E-state index is 0.0260. The summed E-state index contributed by atoms with van der Waals surface area (Å²) < 4.78 is 26.0. The summed E-state index contributed by atoms with van der Waals surface area (Å²) in [6, 6.07) is 3.47. The Balaban J connectivity index is 0.00000172. The van der Waals surface area contributed by atoms with Crippen molar-refractivity contribution in [1.29, 1.82) is 0 Å². The standard InChI is InChI=1S/C14H19F2NO.C2H6/c1-9(2)13(14(18)17-3)5-4-10-6-11(15)8-12(16)7-10;1-2/h6-9,13H,4-5H2,1-3H3,(H,17,18);1-2H3. The number of hydrogen-bond donors (Lipinski definition) is 1. The van der Waals surface area contributed by atoms with Gasteiger partial charge >= 0.3 is 0 Å². The molecule has 1 atom stereocenters. The van der Waals surface area contributed by atoms with Gasteiger partial charge in [-0.15, -0.1) is 0 Å². The number of halogens is 2. The van der Waals surface area contributed by atoms with Gasteiger partial charge in [0.05, 0.1) is 0 Å². The SMILES string of the molecule is CC.CNC(=O)C(CCc1cc(F)cc(F)c1)C(C)C. The zero-order chi connectivity index (χ0) is 15.7. The fourth-order valence-electron chi connectivity index (χ4n) is 2.03. The van der Waals surface area contributed by atoms with Crippen molar-refractivity contribution in [2.75, 3.05) is 7.05 Å². The Hall–Kier alpha value is -1.45. The largest absolute Gasteiger partial charge is 0.359 e. The predicted molar refractivity (Wildman–Crippen MR) is 78.4 cm³/mol. The fraction of sp³-hybridized carbons (Fsp3) is 0.562. The van der Waals surface area contributed by atoms with Crippen LogP contribution in [0.5, 0.6) is 0 Å². The summed E-state index contributed by atoms with van der Waals surface area (Å²) in [5.41, 5.74) is 0.585. The van der Waals surface area contributed by atoms with Gasteiger partial charge in [0.2, 0.25) is 5.91 Å². The van der Waals surface area contributed by atoms with Crippen molar-refractivity contribution < 1.29 is 13.6 Å². The number of aryl methyl sites for hydroxylation is 1. The quantitative estimate of drug-likeness (QED) is 0.872. The van der Waals surface area contributed by atoms with Crippen LogP contribution in [0.3, 0.4) is 0 Å². The molecule has 0 spiro atoms. The Morgan fingerprint density at radius 2 is 1.65 bits per heavy atom. The summed E-state index contributed by atoms with van der Waals surface area (Å²) in [6.07, 6.45) is 1.07. The molecule has 0 aromatic heterocycles. The molecular weight excluding hydrogens is 260 g/mol. The first kappa shape index (κ1) is 18.6. The first-order valence-electron chi connectivity index (χ1n) is 7.10. The van der Waals surface area contributed by atoms with E-state index < -0.39 is 11.6 Å². The fourth-order valence-corrected chi connectivity index (χ4v) is 2.03. The van der Waals surface area contributed by atoms with Crippen LogP contribution in [0.2, 0.25) is 0 Å². The van der Waals surface area contributed by atoms with Crippen LogP contribution in [0, 0.1) is 23.5 Å². The number of nitrogens with one attached hydrogen (secondary N) is 1. The van der Waals surface area contributed by atoms with Crippen molar-refractivity contribution in [3.05, 3.63) is 35.4 Å². The molecule has 0 heterocycles. The summed E-state index contributed by atoms with van der Waals surface area (Å²) in [5.74, 6) is -1.12. The van der Waals surface area contributed by atoms with Crippen LogP contribution in [0.15, 0.2) is 18.2 Å². The van der Waals surface area contributed by atoms with Gasteiger partial charge in [0.25, 0.3) is 0 Å². The van der Waals surface area contributed by atoms with Crippen LogP contribution in [-0.2, 0) is 11.2 Å². The average molecular weight is 285 g/mol. The van der Waals surface area contributed by atoms with Crippen LogP contribution >= 0.6 is 0 Å². The van der Waals surface area contributed by atoms with Gasteiger partial charge in [0.15, 0.2) is 0 Å². The van der Waals surface area contributed by atoms with Crippen LogP contribution in [-0.4, -0.2) is 13.0 Å². The van der Waals surface area contributed by atoms with Gasteiger partial charge < -0.3 is 5.32 Å². The molecule has 4 heteroatoms. The zero-order valence-corrected chi connectivity index (χ0v) is 13.0. The van der Waals surface area contributed by atoms with E-state index in [2.05, 4.69) is 5.32 Å². The van der Waals surface area contributed by atoms with Crippen molar-refractivity contribution in [2.45, 2.75) is 40.5 Å². The maximum absolute atomic E-state index is 13.0. The summed E-state index contributed by atoms with van der Waals surface area (Å²) in [6.45, 7) is 7.93. The Bertz CT molecular complexity index is 399. The molecule has 20 heavy (non-hydrogen) atoms. The molecule has 0 bridgehead atoms. The Morgan fingerprint density at radius 1 is 1.15 bits per heavy atom. The third-order valence-corrected chi connectivity index (χ3v) is 3.05. The number of amides is 1. The lowest BCUT2D eigenvalue weighted by atomic mass is 9.89. The highest BCUT2D eigenvalue weighted by atomic mass is 19.1. The van der Waals surface area contributed by atoms with Crippen molar-refractivity contribution in [3.63, 3.8) is 0 Å². The van der Waals surface area contributed by atoms with Gasteiger partial charge in [-0.1, -0.05) is 27.7 Å². The molecule has 0 fully saturated rings. The number of carbonyl (C=O) groups excluding carboxylic acids is 1. The minimum atomic E-state index is -0.578. The van der Waals surface area contributed by atoms with Gasteiger partial charge in [-0.3, -0.25) is 4.79 Å². The van der Waals surface area contributed by atoms with Crippen molar-refractivity contribution in [2.24, 2.45) is 11.8 Å². The van der Waals surface area contributed by atoms with Crippen molar-refractivity contribution >= 4 is 5.91 Å². The molecule has 0 radical (unpaired) electrons. The molecule has 0 aliphatic rings. The summed E-state index contributed by atoms with van der Waals surface area (Å²) in [7, 11) is 1.60. The predicted octanol–water partition coefficient (Wildman–Crippen LogP) is 3.94. The van der Waals surface area contributed by atoms with Gasteiger partial charge in [-0.25, -0.2) is 8.78 Å². The molecule has 0 saturated carbocycles. The molecule has 1 N–H and O–H groups in total. The van der Waals surface area contributed by atoms with E-state index in [1.54, 1.807) is 7.05 Å². The monoisotopic (exact) mass is 285 g/mol. The van der Waals surface area contributed by atoms with E-state index in [0.717, 1.165) is 6.07 Å². The Labute approximate surface area is 120 Å². The number of hydrogen-bond acceptors (Lipinski definition) is 1. The first-order valence-corrected chi connectivity index (χ1v) is 7.10. The molecular formula is C16H25F2NO. The van der Waals surface area contributed by atoms with E-state index in [1.807, 2.05) is 27.7 Å². The van der Waals surface area contributed by atoms with Crippen LogP contribution < -0.4 is 5.32 Å². The number of carbonyl (C=O) groups is 1. The van der Waals surface area contributed by atoms with Gasteiger partial charge in [-0.2, -0.15) is 0 Å². The lowest BCUT2D eigenvalue weighted by molar-refractivity contribution is -0.126. The highest BCUT2D eigenvalue weighted by Gasteiger charge is 2.20. The van der Waals surface area contributed by atoms with Gasteiger partial charge in [-0.05, 0) is 36.5 Å². The molecule has 0 saturated heterocycles. The smallest absolute Gasteiger partial charge is 0.223 e. The second kappa shape index (κ2) is 9.45. The molecule has 1 aromatic carbocycles. The molecule has 1 aromatic rings. The van der Waals surface area contributed by atoms with Gasteiger partial charge in [0, 0.05) is 19.0 Å². The topological polar surface area (TPSA) is 29.1 Å². The normalized spacial score (nSPS) is 11.6. The second-order valence-electron chi connectivity index (χ2n) is 4.78. The average Bonchev–Trinajstić information content (AvgIpc) is 2.39. The zero-order valence-electron chi connectivity index (χ0n) is 13.0. The lowest BCUT2D eigenvalue weighted by Crippen LogP contribution is -2.31. The van der Waals surface area contributed by atoms with Crippen molar-refractivity contribution in [3.8, 4) is 0 Å². The maximum Gasteiger partial charge on any atom is 0.223 e. The second-order valence-corrected chi connectivity index (χ2v) is 4.78. The summed E-state index contributed by atoms with van der Waals surface area (Å²) >= 11 is 0. The van der Waals surface area contributed by atoms with Gasteiger partial charge in [0.1, 0.15) is 11.6 Å². The van der Waals surface area contributed by atoms with E-state index in [4.69, 9.17) is 0 Å². The molecule has 0 aliphatic carbocycles. The highest BCUT2D eigenvalue weighted by molar-refractivity contribution is 5.78. The summed E-state index contributed by atoms with van der Waals surface area (Å²) in [4.78, 5) is 11.6. The third-order valence-electron chi connectivity index (χ3n) is 3.05. The van der Waals surface area contributed by atoms with Crippen LogP contribution in [0.4, 0.5) is 8.78 Å². The Kier molecular flexibility index (Phi) is 8.77.